The van der Waals surface area contributed by atoms with E-state index in [0.29, 0.717) is 16.1 Å². The van der Waals surface area contributed by atoms with Crippen LogP contribution >= 0.6 is 11.6 Å². The normalized spacial score (nSPS) is 11.4. The average Bonchev–Trinajstić information content (AvgIpc) is 2.66. The molecule has 2 rings (SSSR count). The summed E-state index contributed by atoms with van der Waals surface area (Å²) in [7, 11) is -3.73. The van der Waals surface area contributed by atoms with Crippen LogP contribution in [-0.2, 0) is 16.7 Å². The fourth-order valence-corrected chi connectivity index (χ4v) is 3.86. The Morgan fingerprint density at radius 2 is 1.73 bits per heavy atom. The number of hydrogen-bond acceptors (Lipinski definition) is 5. The van der Waals surface area contributed by atoms with E-state index in [0.717, 1.165) is 25.0 Å². The minimum Gasteiger partial charge on any atom is -0.382 e. The monoisotopic (exact) mass is 452 g/mol. The first kappa shape index (κ1) is 24.0. The van der Waals surface area contributed by atoms with Crippen LogP contribution in [-0.4, -0.2) is 44.6 Å². The second-order valence-corrected chi connectivity index (χ2v) is 9.24. The summed E-state index contributed by atoms with van der Waals surface area (Å²) in [6, 6.07) is 12.2. The zero-order valence-electron chi connectivity index (χ0n) is 18.1. The molecule has 2 aromatic rings. The number of halogens is 1. The van der Waals surface area contributed by atoms with Crippen LogP contribution in [0.3, 0.4) is 0 Å². The summed E-state index contributed by atoms with van der Waals surface area (Å²) in [5.74, 6) is -0.00627. The van der Waals surface area contributed by atoms with Crippen molar-refractivity contribution >= 4 is 33.3 Å². The molecule has 6 nitrogen and oxygen atoms in total. The molecule has 0 fully saturated rings. The number of benzene rings is 2. The summed E-state index contributed by atoms with van der Waals surface area (Å²) >= 11 is 6.22. The second kappa shape index (κ2) is 10.2. The van der Waals surface area contributed by atoms with Crippen molar-refractivity contribution < 1.29 is 17.4 Å². The van der Waals surface area contributed by atoms with Crippen LogP contribution in [0.4, 0.5) is 5.69 Å². The third-order valence-electron chi connectivity index (χ3n) is 4.75. The molecule has 0 spiro atoms. The Balaban J connectivity index is 2.46. The molecule has 0 heterocycles. The van der Waals surface area contributed by atoms with E-state index in [1.165, 1.54) is 0 Å². The van der Waals surface area contributed by atoms with Gasteiger partial charge in [0.25, 0.3) is 5.91 Å². The van der Waals surface area contributed by atoms with E-state index in [2.05, 4.69) is 4.90 Å². The Bertz CT molecular complexity index is 988. The first-order valence-corrected chi connectivity index (χ1v) is 12.1. The zero-order valence-corrected chi connectivity index (χ0v) is 19.6. The van der Waals surface area contributed by atoms with Gasteiger partial charge in [0, 0.05) is 43.0 Å². The highest BCUT2D eigenvalue weighted by atomic mass is 35.5. The SMILES string of the molecule is CCN(CC)c1ccc(CN(C(=O)c2ccccc2Cl)C(C)C)c(OS(C)(=O)=O)c1. The number of amides is 1. The summed E-state index contributed by atoms with van der Waals surface area (Å²) < 4.78 is 29.0. The molecule has 2 aromatic carbocycles. The van der Waals surface area contributed by atoms with Gasteiger partial charge in [-0.05, 0) is 45.9 Å². The Labute approximate surface area is 184 Å². The third kappa shape index (κ3) is 6.12. The van der Waals surface area contributed by atoms with Crippen molar-refractivity contribution in [1.29, 1.82) is 0 Å². The molecular formula is C22H29ClN2O4S. The van der Waals surface area contributed by atoms with Gasteiger partial charge in [-0.1, -0.05) is 29.8 Å². The molecule has 0 aliphatic heterocycles. The van der Waals surface area contributed by atoms with Gasteiger partial charge in [0.15, 0.2) is 0 Å². The van der Waals surface area contributed by atoms with Gasteiger partial charge in [-0.3, -0.25) is 4.79 Å². The maximum Gasteiger partial charge on any atom is 0.306 e. The quantitative estimate of drug-likeness (QED) is 0.521. The van der Waals surface area contributed by atoms with Gasteiger partial charge in [-0.2, -0.15) is 8.42 Å². The summed E-state index contributed by atoms with van der Waals surface area (Å²) in [5, 5.41) is 0.373. The highest BCUT2D eigenvalue weighted by Crippen LogP contribution is 2.29. The van der Waals surface area contributed by atoms with Crippen LogP contribution in [0.5, 0.6) is 5.75 Å². The first-order chi connectivity index (χ1) is 14.1. The minimum absolute atomic E-state index is 0.137. The molecule has 0 aliphatic rings. The van der Waals surface area contributed by atoms with Crippen molar-refractivity contribution in [3.63, 3.8) is 0 Å². The highest BCUT2D eigenvalue weighted by Gasteiger charge is 2.23. The van der Waals surface area contributed by atoms with E-state index in [1.54, 1.807) is 35.2 Å². The van der Waals surface area contributed by atoms with Crippen molar-refractivity contribution in [2.75, 3.05) is 24.2 Å². The van der Waals surface area contributed by atoms with Crippen LogP contribution in [0.15, 0.2) is 42.5 Å². The molecule has 1 amide bonds. The van der Waals surface area contributed by atoms with Gasteiger partial charge >= 0.3 is 10.1 Å². The number of carbonyl (C=O) groups is 1. The third-order valence-corrected chi connectivity index (χ3v) is 5.56. The van der Waals surface area contributed by atoms with Gasteiger partial charge in [0.05, 0.1) is 16.8 Å². The molecule has 164 valence electrons. The summed E-state index contributed by atoms with van der Waals surface area (Å²) in [5.41, 5.74) is 1.86. The average molecular weight is 453 g/mol. The highest BCUT2D eigenvalue weighted by molar-refractivity contribution is 7.86. The topological polar surface area (TPSA) is 66.9 Å². The van der Waals surface area contributed by atoms with Crippen molar-refractivity contribution in [3.8, 4) is 5.75 Å². The maximum absolute atomic E-state index is 13.2. The number of nitrogens with zero attached hydrogens (tertiary/aromatic N) is 2. The largest absolute Gasteiger partial charge is 0.382 e. The standard InChI is InChI=1S/C22H29ClN2O4S/c1-6-24(7-2)18-13-12-17(21(14-18)29-30(5,27)28)15-25(16(3)4)22(26)19-10-8-9-11-20(19)23/h8-14,16H,6-7,15H2,1-5H3. The van der Waals surface area contributed by atoms with Crippen LogP contribution in [0.2, 0.25) is 5.02 Å². The van der Waals surface area contributed by atoms with E-state index >= 15 is 0 Å². The van der Waals surface area contributed by atoms with Crippen molar-refractivity contribution in [2.24, 2.45) is 0 Å². The van der Waals surface area contributed by atoms with Gasteiger partial charge in [0.2, 0.25) is 0 Å². The molecule has 0 aromatic heterocycles. The van der Waals surface area contributed by atoms with Crippen molar-refractivity contribution in [2.45, 2.75) is 40.3 Å². The number of carbonyl (C=O) groups excluding carboxylic acids is 1. The van der Waals surface area contributed by atoms with Crippen molar-refractivity contribution in [1.82, 2.24) is 4.90 Å². The van der Waals surface area contributed by atoms with Gasteiger partial charge in [-0.25, -0.2) is 0 Å². The lowest BCUT2D eigenvalue weighted by Crippen LogP contribution is -2.36. The Morgan fingerprint density at radius 1 is 1.10 bits per heavy atom. The number of rotatable bonds is 9. The molecule has 0 radical (unpaired) electrons. The Hall–Kier alpha value is -2.25. The zero-order chi connectivity index (χ0) is 22.5. The second-order valence-electron chi connectivity index (χ2n) is 7.26. The maximum atomic E-state index is 13.2. The lowest BCUT2D eigenvalue weighted by atomic mass is 10.1. The molecule has 0 aliphatic carbocycles. The fraction of sp³-hybridized carbons (Fsp3) is 0.409. The molecule has 0 saturated heterocycles. The lowest BCUT2D eigenvalue weighted by Gasteiger charge is -2.29. The van der Waals surface area contributed by atoms with Crippen molar-refractivity contribution in [3.05, 3.63) is 58.6 Å². The van der Waals surface area contributed by atoms with E-state index in [4.69, 9.17) is 15.8 Å². The summed E-state index contributed by atoms with van der Waals surface area (Å²) in [4.78, 5) is 16.9. The molecular weight excluding hydrogens is 424 g/mol. The molecule has 0 bridgehead atoms. The van der Waals surface area contributed by atoms with Crippen LogP contribution < -0.4 is 9.08 Å². The van der Waals surface area contributed by atoms with Crippen LogP contribution in [0, 0.1) is 0 Å². The summed E-state index contributed by atoms with van der Waals surface area (Å²) in [6.07, 6.45) is 1.01. The molecule has 0 atom stereocenters. The van der Waals surface area contributed by atoms with Gasteiger partial charge < -0.3 is 14.0 Å². The fourth-order valence-electron chi connectivity index (χ4n) is 3.16. The Morgan fingerprint density at radius 3 is 2.27 bits per heavy atom. The Kier molecular flexibility index (Phi) is 8.15. The van der Waals surface area contributed by atoms with Crippen LogP contribution in [0.1, 0.15) is 43.6 Å². The summed E-state index contributed by atoms with van der Waals surface area (Å²) in [6.45, 7) is 9.58. The van der Waals surface area contributed by atoms with Crippen LogP contribution in [0.25, 0.3) is 0 Å². The number of hydrogen-bond donors (Lipinski definition) is 0. The van der Waals surface area contributed by atoms with E-state index in [1.807, 2.05) is 39.8 Å². The van der Waals surface area contributed by atoms with Gasteiger partial charge in [0.1, 0.15) is 5.75 Å². The molecule has 30 heavy (non-hydrogen) atoms. The first-order valence-electron chi connectivity index (χ1n) is 9.90. The molecule has 8 heteroatoms. The lowest BCUT2D eigenvalue weighted by molar-refractivity contribution is 0.0690. The predicted molar refractivity (Wildman–Crippen MR) is 122 cm³/mol. The molecule has 0 saturated carbocycles. The minimum atomic E-state index is -3.73. The van der Waals surface area contributed by atoms with E-state index in [-0.39, 0.29) is 24.2 Å². The number of anilines is 1. The molecule has 0 unspecified atom stereocenters. The van der Waals surface area contributed by atoms with Gasteiger partial charge in [-0.15, -0.1) is 0 Å². The predicted octanol–water partition coefficient (Wildman–Crippen LogP) is 4.58. The smallest absolute Gasteiger partial charge is 0.306 e. The van der Waals surface area contributed by atoms with E-state index in [9.17, 15) is 13.2 Å². The molecule has 0 N–H and O–H groups in total. The van der Waals surface area contributed by atoms with E-state index < -0.39 is 10.1 Å².